The molecule has 0 bridgehead atoms. The fourth-order valence-electron chi connectivity index (χ4n) is 2.54. The van der Waals surface area contributed by atoms with Crippen LogP contribution in [0.25, 0.3) is 0 Å². The van der Waals surface area contributed by atoms with E-state index in [9.17, 15) is 0 Å². The molecule has 3 nitrogen and oxygen atoms in total. The van der Waals surface area contributed by atoms with Crippen molar-refractivity contribution >= 4 is 0 Å². The lowest BCUT2D eigenvalue weighted by atomic mass is 10.00. The monoisotopic (exact) mass is 221 g/mol. The SMILES string of the molecule is CNCC1CCc2cc(OC)cc(OC)c21. The predicted octanol–water partition coefficient (Wildman–Crippen LogP) is 1.95. The fraction of sp³-hybridized carbons (Fsp3) is 0.538. The first-order valence-corrected chi connectivity index (χ1v) is 5.69. The number of ether oxygens (including phenoxy) is 2. The zero-order valence-corrected chi connectivity index (χ0v) is 10.2. The van der Waals surface area contributed by atoms with Crippen molar-refractivity contribution in [2.45, 2.75) is 18.8 Å². The summed E-state index contributed by atoms with van der Waals surface area (Å²) in [6.07, 6.45) is 2.31. The zero-order chi connectivity index (χ0) is 11.5. The third kappa shape index (κ3) is 1.87. The third-order valence-electron chi connectivity index (χ3n) is 3.28. The van der Waals surface area contributed by atoms with Gasteiger partial charge in [0.2, 0.25) is 0 Å². The second kappa shape index (κ2) is 4.74. The zero-order valence-electron chi connectivity index (χ0n) is 10.2. The molecule has 3 heteroatoms. The van der Waals surface area contributed by atoms with E-state index in [4.69, 9.17) is 9.47 Å². The second-order valence-corrected chi connectivity index (χ2v) is 4.20. The fourth-order valence-corrected chi connectivity index (χ4v) is 2.54. The molecule has 0 fully saturated rings. The molecule has 2 rings (SSSR count). The average molecular weight is 221 g/mol. The van der Waals surface area contributed by atoms with E-state index in [1.165, 1.54) is 17.5 Å². The van der Waals surface area contributed by atoms with E-state index >= 15 is 0 Å². The van der Waals surface area contributed by atoms with Crippen LogP contribution in [-0.4, -0.2) is 27.8 Å². The number of likely N-dealkylation sites (N-methyl/N-ethyl adjacent to an activating group) is 1. The van der Waals surface area contributed by atoms with Crippen LogP contribution in [0.5, 0.6) is 11.5 Å². The maximum Gasteiger partial charge on any atom is 0.126 e. The molecule has 0 heterocycles. The van der Waals surface area contributed by atoms with Crippen LogP contribution < -0.4 is 14.8 Å². The lowest BCUT2D eigenvalue weighted by molar-refractivity contribution is 0.389. The van der Waals surface area contributed by atoms with Crippen LogP contribution in [0.4, 0.5) is 0 Å². The van der Waals surface area contributed by atoms with Crippen molar-refractivity contribution in [1.82, 2.24) is 5.32 Å². The average Bonchev–Trinajstić information content (AvgIpc) is 2.72. The highest BCUT2D eigenvalue weighted by Crippen LogP contribution is 2.41. The second-order valence-electron chi connectivity index (χ2n) is 4.20. The maximum absolute atomic E-state index is 5.47. The minimum absolute atomic E-state index is 0.570. The molecule has 1 aliphatic rings. The summed E-state index contributed by atoms with van der Waals surface area (Å²) in [6, 6.07) is 4.11. The van der Waals surface area contributed by atoms with E-state index in [0.717, 1.165) is 24.5 Å². The first-order valence-electron chi connectivity index (χ1n) is 5.69. The van der Waals surface area contributed by atoms with E-state index in [1.807, 2.05) is 13.1 Å². The Bertz CT molecular complexity index is 376. The van der Waals surface area contributed by atoms with Crippen LogP contribution in [0.15, 0.2) is 12.1 Å². The number of methoxy groups -OCH3 is 2. The Labute approximate surface area is 96.8 Å². The van der Waals surface area contributed by atoms with E-state index in [0.29, 0.717) is 5.92 Å². The number of rotatable bonds is 4. The van der Waals surface area contributed by atoms with Gasteiger partial charge in [0.1, 0.15) is 11.5 Å². The van der Waals surface area contributed by atoms with Gasteiger partial charge in [-0.3, -0.25) is 0 Å². The molecule has 1 aliphatic carbocycles. The Balaban J connectivity index is 2.40. The molecule has 1 aromatic carbocycles. The summed E-state index contributed by atoms with van der Waals surface area (Å²) < 4.78 is 10.7. The summed E-state index contributed by atoms with van der Waals surface area (Å²) in [6.45, 7) is 1.01. The van der Waals surface area contributed by atoms with E-state index in [1.54, 1.807) is 14.2 Å². The van der Waals surface area contributed by atoms with Crippen LogP contribution in [-0.2, 0) is 6.42 Å². The number of nitrogens with one attached hydrogen (secondary N) is 1. The number of hydrogen-bond acceptors (Lipinski definition) is 3. The van der Waals surface area contributed by atoms with Crippen LogP contribution in [0.3, 0.4) is 0 Å². The van der Waals surface area contributed by atoms with Crippen LogP contribution in [0.2, 0.25) is 0 Å². The Morgan fingerprint density at radius 3 is 2.75 bits per heavy atom. The third-order valence-corrected chi connectivity index (χ3v) is 3.28. The van der Waals surface area contributed by atoms with E-state index in [-0.39, 0.29) is 0 Å². The van der Waals surface area contributed by atoms with Gasteiger partial charge in [0.05, 0.1) is 14.2 Å². The van der Waals surface area contributed by atoms with Crippen LogP contribution in [0.1, 0.15) is 23.5 Å². The summed E-state index contributed by atoms with van der Waals surface area (Å²) in [5.74, 6) is 2.42. The molecule has 0 aliphatic heterocycles. The molecule has 0 saturated heterocycles. The Kier molecular flexibility index (Phi) is 3.34. The lowest BCUT2D eigenvalue weighted by Crippen LogP contribution is -2.15. The molecular formula is C13H19NO2. The first kappa shape index (κ1) is 11.3. The highest BCUT2D eigenvalue weighted by atomic mass is 16.5. The molecule has 88 valence electrons. The van der Waals surface area contributed by atoms with Crippen molar-refractivity contribution in [1.29, 1.82) is 0 Å². The van der Waals surface area contributed by atoms with Crippen molar-refractivity contribution in [2.24, 2.45) is 0 Å². The van der Waals surface area contributed by atoms with Crippen molar-refractivity contribution in [3.63, 3.8) is 0 Å². The molecule has 0 aromatic heterocycles. The van der Waals surface area contributed by atoms with Crippen LogP contribution >= 0.6 is 0 Å². The van der Waals surface area contributed by atoms with Crippen molar-refractivity contribution < 1.29 is 9.47 Å². The van der Waals surface area contributed by atoms with Gasteiger partial charge in [0.15, 0.2) is 0 Å². The van der Waals surface area contributed by atoms with Crippen molar-refractivity contribution in [2.75, 3.05) is 27.8 Å². The maximum atomic E-state index is 5.47. The highest BCUT2D eigenvalue weighted by Gasteiger charge is 2.26. The molecule has 1 unspecified atom stereocenters. The topological polar surface area (TPSA) is 30.5 Å². The number of fused-ring (bicyclic) bond motifs is 1. The van der Waals surface area contributed by atoms with Gasteiger partial charge in [0, 0.05) is 24.1 Å². The van der Waals surface area contributed by atoms with Crippen molar-refractivity contribution in [3.8, 4) is 11.5 Å². The van der Waals surface area contributed by atoms with Gasteiger partial charge in [-0.05, 0) is 31.5 Å². The molecule has 1 aromatic rings. The number of hydrogen-bond donors (Lipinski definition) is 1. The first-order chi connectivity index (χ1) is 7.80. The Morgan fingerprint density at radius 1 is 1.31 bits per heavy atom. The molecule has 0 saturated carbocycles. The quantitative estimate of drug-likeness (QED) is 0.843. The molecule has 0 spiro atoms. The highest BCUT2D eigenvalue weighted by molar-refractivity contribution is 5.51. The summed E-state index contributed by atoms with van der Waals surface area (Å²) in [5, 5.41) is 3.24. The van der Waals surface area contributed by atoms with Gasteiger partial charge >= 0.3 is 0 Å². The molecule has 16 heavy (non-hydrogen) atoms. The van der Waals surface area contributed by atoms with Gasteiger partial charge in [-0.2, -0.15) is 0 Å². The predicted molar refractivity (Wildman–Crippen MR) is 64.5 cm³/mol. The van der Waals surface area contributed by atoms with Gasteiger partial charge in [0.25, 0.3) is 0 Å². The van der Waals surface area contributed by atoms with E-state index < -0.39 is 0 Å². The standard InChI is InChI=1S/C13H19NO2/c1-14-8-10-5-4-9-6-11(15-2)7-12(16-3)13(9)10/h6-7,10,14H,4-5,8H2,1-3H3. The minimum Gasteiger partial charge on any atom is -0.497 e. The molecule has 0 amide bonds. The van der Waals surface area contributed by atoms with Gasteiger partial charge < -0.3 is 14.8 Å². The molecular weight excluding hydrogens is 202 g/mol. The normalized spacial score (nSPS) is 18.3. The van der Waals surface area contributed by atoms with Gasteiger partial charge in [-0.15, -0.1) is 0 Å². The number of benzene rings is 1. The Hall–Kier alpha value is -1.22. The molecule has 0 radical (unpaired) electrons. The smallest absolute Gasteiger partial charge is 0.126 e. The largest absolute Gasteiger partial charge is 0.497 e. The molecule has 1 N–H and O–H groups in total. The minimum atomic E-state index is 0.570. The van der Waals surface area contributed by atoms with Crippen LogP contribution in [0, 0.1) is 0 Å². The summed E-state index contributed by atoms with van der Waals surface area (Å²) in [7, 11) is 5.42. The Morgan fingerprint density at radius 2 is 2.12 bits per heavy atom. The van der Waals surface area contributed by atoms with E-state index in [2.05, 4.69) is 11.4 Å². The van der Waals surface area contributed by atoms with Gasteiger partial charge in [-0.25, -0.2) is 0 Å². The summed E-state index contributed by atoms with van der Waals surface area (Å²) in [5.41, 5.74) is 2.73. The number of aryl methyl sites for hydroxylation is 1. The summed E-state index contributed by atoms with van der Waals surface area (Å²) >= 11 is 0. The summed E-state index contributed by atoms with van der Waals surface area (Å²) in [4.78, 5) is 0. The lowest BCUT2D eigenvalue weighted by Gasteiger charge is -2.15. The van der Waals surface area contributed by atoms with Crippen molar-refractivity contribution in [3.05, 3.63) is 23.3 Å². The van der Waals surface area contributed by atoms with Gasteiger partial charge in [-0.1, -0.05) is 0 Å². The molecule has 1 atom stereocenters.